The zero-order valence-electron chi connectivity index (χ0n) is 10.6. The fraction of sp³-hybridized carbons (Fsp3) is 0.600. The van der Waals surface area contributed by atoms with Gasteiger partial charge in [0.1, 0.15) is 0 Å². The van der Waals surface area contributed by atoms with Gasteiger partial charge in [-0.25, -0.2) is 0 Å². The Morgan fingerprint density at radius 3 is 2.88 bits per heavy atom. The minimum atomic E-state index is -0.498. The van der Waals surface area contributed by atoms with E-state index in [-0.39, 0.29) is 0 Å². The third kappa shape index (κ3) is 2.24. The van der Waals surface area contributed by atoms with Crippen molar-refractivity contribution in [2.75, 3.05) is 20.1 Å². The van der Waals surface area contributed by atoms with Crippen molar-refractivity contribution in [2.45, 2.75) is 37.7 Å². The summed E-state index contributed by atoms with van der Waals surface area (Å²) >= 11 is 0. The number of aliphatic hydroxyl groups is 1. The van der Waals surface area contributed by atoms with E-state index in [1.165, 1.54) is 36.0 Å². The maximum atomic E-state index is 10.5. The van der Waals surface area contributed by atoms with E-state index >= 15 is 0 Å². The number of hydrogen-bond acceptors (Lipinski definition) is 2. The number of fused-ring (bicyclic) bond motifs is 1. The summed E-state index contributed by atoms with van der Waals surface area (Å²) in [6, 6.07) is 6.79. The average molecular weight is 231 g/mol. The molecule has 1 heterocycles. The first-order valence-electron chi connectivity index (χ1n) is 6.66. The van der Waals surface area contributed by atoms with Crippen LogP contribution in [-0.2, 0) is 19.3 Å². The van der Waals surface area contributed by atoms with Crippen molar-refractivity contribution in [2.24, 2.45) is 0 Å². The molecule has 1 N–H and O–H groups in total. The highest BCUT2D eigenvalue weighted by Crippen LogP contribution is 2.28. The third-order valence-electron chi connectivity index (χ3n) is 4.22. The van der Waals surface area contributed by atoms with E-state index in [4.69, 9.17) is 0 Å². The molecule has 92 valence electrons. The first-order valence-corrected chi connectivity index (χ1v) is 6.66. The van der Waals surface area contributed by atoms with E-state index < -0.39 is 5.60 Å². The summed E-state index contributed by atoms with van der Waals surface area (Å²) in [5.41, 5.74) is 3.84. The van der Waals surface area contributed by atoms with Crippen LogP contribution in [0.15, 0.2) is 18.2 Å². The molecule has 1 atom stereocenters. The van der Waals surface area contributed by atoms with Gasteiger partial charge in [0.25, 0.3) is 0 Å². The van der Waals surface area contributed by atoms with Crippen LogP contribution in [0.2, 0.25) is 0 Å². The van der Waals surface area contributed by atoms with Crippen molar-refractivity contribution in [3.05, 3.63) is 34.9 Å². The van der Waals surface area contributed by atoms with Crippen molar-refractivity contribution in [1.29, 1.82) is 0 Å². The molecule has 3 rings (SSSR count). The molecule has 1 aromatic rings. The second kappa shape index (κ2) is 4.11. The lowest BCUT2D eigenvalue weighted by atomic mass is 9.92. The zero-order chi connectivity index (χ0) is 11.9. The van der Waals surface area contributed by atoms with Crippen LogP contribution in [-0.4, -0.2) is 35.7 Å². The number of likely N-dealkylation sites (N-methyl/N-ethyl adjacent to an activating group) is 1. The Hall–Kier alpha value is -0.860. The van der Waals surface area contributed by atoms with Gasteiger partial charge in [-0.2, -0.15) is 0 Å². The highest BCUT2D eigenvalue weighted by Gasteiger charge is 2.34. The van der Waals surface area contributed by atoms with Crippen molar-refractivity contribution in [3.8, 4) is 0 Å². The van der Waals surface area contributed by atoms with Gasteiger partial charge in [-0.05, 0) is 49.4 Å². The largest absolute Gasteiger partial charge is 0.388 e. The first-order chi connectivity index (χ1) is 8.15. The van der Waals surface area contributed by atoms with Crippen LogP contribution in [0.4, 0.5) is 0 Å². The van der Waals surface area contributed by atoms with Gasteiger partial charge in [0.05, 0.1) is 5.60 Å². The Kier molecular flexibility index (Phi) is 2.72. The van der Waals surface area contributed by atoms with Gasteiger partial charge in [0, 0.05) is 19.5 Å². The Bertz CT molecular complexity index is 429. The zero-order valence-corrected chi connectivity index (χ0v) is 10.6. The predicted molar refractivity (Wildman–Crippen MR) is 69.2 cm³/mol. The smallest absolute Gasteiger partial charge is 0.0826 e. The highest BCUT2D eigenvalue weighted by atomic mass is 16.3. The van der Waals surface area contributed by atoms with Crippen molar-refractivity contribution >= 4 is 0 Å². The molecule has 0 saturated carbocycles. The number of aryl methyl sites for hydroxylation is 2. The van der Waals surface area contributed by atoms with E-state index in [9.17, 15) is 5.11 Å². The third-order valence-corrected chi connectivity index (χ3v) is 4.22. The van der Waals surface area contributed by atoms with Gasteiger partial charge >= 0.3 is 0 Å². The minimum Gasteiger partial charge on any atom is -0.388 e. The maximum absolute atomic E-state index is 10.5. The van der Waals surface area contributed by atoms with Crippen LogP contribution in [0.25, 0.3) is 0 Å². The summed E-state index contributed by atoms with van der Waals surface area (Å²) in [6.45, 7) is 1.82. The van der Waals surface area contributed by atoms with Crippen LogP contribution >= 0.6 is 0 Å². The number of nitrogens with zero attached hydrogens (tertiary/aromatic N) is 1. The van der Waals surface area contributed by atoms with Crippen molar-refractivity contribution in [1.82, 2.24) is 4.90 Å². The van der Waals surface area contributed by atoms with Gasteiger partial charge in [-0.1, -0.05) is 18.2 Å². The number of β-amino-alcohol motifs (C(OH)–C–C–N with tert-alkyl or cyclic N) is 1. The maximum Gasteiger partial charge on any atom is 0.0826 e. The minimum absolute atomic E-state index is 0.498. The molecule has 1 aromatic carbocycles. The first kappa shape index (κ1) is 11.2. The van der Waals surface area contributed by atoms with Crippen LogP contribution in [0.1, 0.15) is 29.5 Å². The standard InChI is InChI=1S/C15H21NO/c1-16-8-7-15(17,11-16)10-12-5-6-13-3-2-4-14(13)9-12/h5-6,9,17H,2-4,7-8,10-11H2,1H3. The predicted octanol–water partition coefficient (Wildman–Crippen LogP) is 1.78. The number of hydrogen-bond donors (Lipinski definition) is 1. The topological polar surface area (TPSA) is 23.5 Å². The summed E-state index contributed by atoms with van der Waals surface area (Å²) in [4.78, 5) is 2.22. The molecule has 1 aliphatic carbocycles. The van der Waals surface area contributed by atoms with E-state index in [1.54, 1.807) is 0 Å². The molecule has 0 aromatic heterocycles. The monoisotopic (exact) mass is 231 g/mol. The Morgan fingerprint density at radius 1 is 1.29 bits per heavy atom. The SMILES string of the molecule is CN1CCC(O)(Cc2ccc3c(c2)CCC3)C1. The summed E-state index contributed by atoms with van der Waals surface area (Å²) in [6.07, 6.45) is 5.47. The molecule has 0 bridgehead atoms. The van der Waals surface area contributed by atoms with Crippen LogP contribution in [0, 0.1) is 0 Å². The molecule has 0 radical (unpaired) electrons. The normalized spacial score (nSPS) is 28.6. The van der Waals surface area contributed by atoms with Crippen LogP contribution in [0.5, 0.6) is 0 Å². The van der Waals surface area contributed by atoms with E-state index in [1.807, 2.05) is 0 Å². The molecule has 1 aliphatic heterocycles. The molecule has 2 heteroatoms. The summed E-state index contributed by atoms with van der Waals surface area (Å²) in [7, 11) is 2.08. The van der Waals surface area contributed by atoms with E-state index in [2.05, 4.69) is 30.1 Å². The van der Waals surface area contributed by atoms with Gasteiger partial charge in [-0.3, -0.25) is 0 Å². The number of rotatable bonds is 2. The lowest BCUT2D eigenvalue weighted by molar-refractivity contribution is 0.0523. The second-order valence-electron chi connectivity index (χ2n) is 5.85. The van der Waals surface area contributed by atoms with Crippen LogP contribution in [0.3, 0.4) is 0 Å². The molecule has 17 heavy (non-hydrogen) atoms. The Labute approximate surface area is 103 Å². The molecular formula is C15H21NO. The fourth-order valence-corrected chi connectivity index (χ4v) is 3.32. The summed E-state index contributed by atoms with van der Waals surface area (Å²) in [5.74, 6) is 0. The molecule has 0 spiro atoms. The van der Waals surface area contributed by atoms with Gasteiger partial charge in [-0.15, -0.1) is 0 Å². The van der Waals surface area contributed by atoms with E-state index in [0.717, 1.165) is 25.9 Å². The number of benzene rings is 1. The van der Waals surface area contributed by atoms with Gasteiger partial charge in [0.2, 0.25) is 0 Å². The molecule has 2 nitrogen and oxygen atoms in total. The fourth-order valence-electron chi connectivity index (χ4n) is 3.32. The second-order valence-corrected chi connectivity index (χ2v) is 5.85. The van der Waals surface area contributed by atoms with Gasteiger partial charge < -0.3 is 10.0 Å². The highest BCUT2D eigenvalue weighted by molar-refractivity contribution is 5.36. The average Bonchev–Trinajstić information content (AvgIpc) is 2.85. The van der Waals surface area contributed by atoms with Crippen molar-refractivity contribution < 1.29 is 5.11 Å². The molecule has 1 fully saturated rings. The lowest BCUT2D eigenvalue weighted by Crippen LogP contribution is -2.34. The van der Waals surface area contributed by atoms with Gasteiger partial charge in [0.15, 0.2) is 0 Å². The summed E-state index contributed by atoms with van der Waals surface area (Å²) < 4.78 is 0. The molecule has 1 saturated heterocycles. The summed E-state index contributed by atoms with van der Waals surface area (Å²) in [5, 5.41) is 10.5. The van der Waals surface area contributed by atoms with E-state index in [0.29, 0.717) is 0 Å². The Balaban J connectivity index is 1.77. The van der Waals surface area contributed by atoms with Crippen LogP contribution < -0.4 is 0 Å². The quantitative estimate of drug-likeness (QED) is 0.838. The molecular weight excluding hydrogens is 210 g/mol. The molecule has 2 aliphatic rings. The lowest BCUT2D eigenvalue weighted by Gasteiger charge is -2.22. The molecule has 1 unspecified atom stereocenters. The molecule has 0 amide bonds. The van der Waals surface area contributed by atoms with Crippen molar-refractivity contribution in [3.63, 3.8) is 0 Å². The Morgan fingerprint density at radius 2 is 2.12 bits per heavy atom. The number of likely N-dealkylation sites (tertiary alicyclic amines) is 1.